The SMILES string of the molecule is CC(O)C(CN)(Cc1cn2ccsc2n1)c1ccccc1. The first-order chi connectivity index (χ1) is 10.2. The van der Waals surface area contributed by atoms with Gasteiger partial charge in [-0.05, 0) is 12.5 Å². The number of hydrogen-bond donors (Lipinski definition) is 2. The molecule has 0 radical (unpaired) electrons. The lowest BCUT2D eigenvalue weighted by Crippen LogP contribution is -2.46. The lowest BCUT2D eigenvalue weighted by Gasteiger charge is -2.35. The molecule has 110 valence electrons. The van der Waals surface area contributed by atoms with Crippen LogP contribution >= 0.6 is 11.3 Å². The molecule has 1 aromatic carbocycles. The summed E-state index contributed by atoms with van der Waals surface area (Å²) >= 11 is 1.60. The maximum absolute atomic E-state index is 10.4. The van der Waals surface area contributed by atoms with Crippen molar-refractivity contribution in [2.24, 2.45) is 5.73 Å². The summed E-state index contributed by atoms with van der Waals surface area (Å²) in [5.41, 5.74) is 7.57. The minimum absolute atomic E-state index is 0.375. The molecule has 2 aromatic heterocycles. The molecule has 3 rings (SSSR count). The van der Waals surface area contributed by atoms with E-state index in [4.69, 9.17) is 5.73 Å². The van der Waals surface area contributed by atoms with E-state index in [1.165, 1.54) is 0 Å². The maximum atomic E-state index is 10.4. The highest BCUT2D eigenvalue weighted by molar-refractivity contribution is 7.15. The summed E-state index contributed by atoms with van der Waals surface area (Å²) in [6.45, 7) is 2.18. The van der Waals surface area contributed by atoms with Crippen molar-refractivity contribution in [2.75, 3.05) is 6.54 Å². The van der Waals surface area contributed by atoms with Crippen molar-refractivity contribution in [1.82, 2.24) is 9.38 Å². The van der Waals surface area contributed by atoms with Crippen molar-refractivity contribution in [2.45, 2.75) is 24.9 Å². The molecular weight excluding hydrogens is 282 g/mol. The molecule has 0 bridgehead atoms. The highest BCUT2D eigenvalue weighted by Gasteiger charge is 2.37. The second-order valence-corrected chi connectivity index (χ2v) is 6.28. The van der Waals surface area contributed by atoms with Crippen LogP contribution in [0.3, 0.4) is 0 Å². The molecule has 0 fully saturated rings. The van der Waals surface area contributed by atoms with Crippen LogP contribution in [0.25, 0.3) is 4.96 Å². The van der Waals surface area contributed by atoms with Crippen LogP contribution in [-0.2, 0) is 11.8 Å². The van der Waals surface area contributed by atoms with Gasteiger partial charge in [-0.2, -0.15) is 0 Å². The van der Waals surface area contributed by atoms with Gasteiger partial charge in [-0.25, -0.2) is 4.98 Å². The van der Waals surface area contributed by atoms with E-state index >= 15 is 0 Å². The lowest BCUT2D eigenvalue weighted by atomic mass is 9.73. The van der Waals surface area contributed by atoms with Gasteiger partial charge in [0.25, 0.3) is 0 Å². The fourth-order valence-corrected chi connectivity index (χ4v) is 3.53. The number of fused-ring (bicyclic) bond motifs is 1. The third kappa shape index (κ3) is 2.48. The van der Waals surface area contributed by atoms with Gasteiger partial charge in [0.15, 0.2) is 4.96 Å². The predicted octanol–water partition coefficient (Wildman–Crippen LogP) is 2.22. The topological polar surface area (TPSA) is 63.5 Å². The fraction of sp³-hybridized carbons (Fsp3) is 0.312. The Morgan fingerprint density at radius 2 is 2.14 bits per heavy atom. The van der Waals surface area contributed by atoms with E-state index in [9.17, 15) is 5.11 Å². The summed E-state index contributed by atoms with van der Waals surface area (Å²) < 4.78 is 2.01. The van der Waals surface area contributed by atoms with Crippen LogP contribution in [0.2, 0.25) is 0 Å². The maximum Gasteiger partial charge on any atom is 0.193 e. The zero-order valence-electron chi connectivity index (χ0n) is 11.9. The molecule has 0 saturated carbocycles. The minimum Gasteiger partial charge on any atom is -0.392 e. The summed E-state index contributed by atoms with van der Waals surface area (Å²) in [5.74, 6) is 0. The Morgan fingerprint density at radius 3 is 2.76 bits per heavy atom. The molecule has 5 heteroatoms. The van der Waals surface area contributed by atoms with Crippen LogP contribution in [0.5, 0.6) is 0 Å². The van der Waals surface area contributed by atoms with Crippen LogP contribution in [0.15, 0.2) is 48.1 Å². The molecule has 2 unspecified atom stereocenters. The smallest absolute Gasteiger partial charge is 0.193 e. The number of imidazole rings is 1. The van der Waals surface area contributed by atoms with Crippen molar-refractivity contribution in [3.05, 3.63) is 59.4 Å². The van der Waals surface area contributed by atoms with Crippen molar-refractivity contribution < 1.29 is 5.11 Å². The molecule has 3 N–H and O–H groups in total. The Bertz CT molecular complexity index is 691. The van der Waals surface area contributed by atoms with E-state index in [-0.39, 0.29) is 0 Å². The summed E-state index contributed by atoms with van der Waals surface area (Å²) in [5, 5.41) is 12.4. The van der Waals surface area contributed by atoms with E-state index in [0.717, 1.165) is 16.2 Å². The average Bonchev–Trinajstić information content (AvgIpc) is 3.06. The number of hydrogen-bond acceptors (Lipinski definition) is 4. The van der Waals surface area contributed by atoms with Gasteiger partial charge in [-0.1, -0.05) is 30.3 Å². The second kappa shape index (κ2) is 5.60. The number of aliphatic hydroxyl groups excluding tert-OH is 1. The molecule has 2 heterocycles. The lowest BCUT2D eigenvalue weighted by molar-refractivity contribution is 0.0995. The first kappa shape index (κ1) is 14.3. The van der Waals surface area contributed by atoms with Crippen molar-refractivity contribution in [3.8, 4) is 0 Å². The molecule has 0 aliphatic rings. The number of nitrogens with zero attached hydrogens (tertiary/aromatic N) is 2. The van der Waals surface area contributed by atoms with Gasteiger partial charge in [0.2, 0.25) is 0 Å². The van der Waals surface area contributed by atoms with Gasteiger partial charge in [0.1, 0.15) is 0 Å². The average molecular weight is 301 g/mol. The number of nitrogens with two attached hydrogens (primary N) is 1. The first-order valence-corrected chi connectivity index (χ1v) is 7.88. The molecule has 0 amide bonds. The quantitative estimate of drug-likeness (QED) is 0.759. The molecule has 3 aromatic rings. The van der Waals surface area contributed by atoms with Crippen molar-refractivity contribution in [1.29, 1.82) is 0 Å². The molecule has 0 saturated heterocycles. The van der Waals surface area contributed by atoms with Gasteiger partial charge < -0.3 is 10.8 Å². The van der Waals surface area contributed by atoms with Crippen LogP contribution in [-0.4, -0.2) is 27.1 Å². The van der Waals surface area contributed by atoms with E-state index in [2.05, 4.69) is 4.98 Å². The molecule has 0 aliphatic carbocycles. The molecular formula is C16H19N3OS. The Labute approximate surface area is 127 Å². The van der Waals surface area contributed by atoms with Crippen molar-refractivity contribution in [3.63, 3.8) is 0 Å². The van der Waals surface area contributed by atoms with Crippen LogP contribution in [0.1, 0.15) is 18.2 Å². The second-order valence-electron chi connectivity index (χ2n) is 5.40. The Morgan fingerprint density at radius 1 is 1.38 bits per heavy atom. The van der Waals surface area contributed by atoms with E-state index in [0.29, 0.717) is 13.0 Å². The first-order valence-electron chi connectivity index (χ1n) is 7.00. The highest BCUT2D eigenvalue weighted by Crippen LogP contribution is 2.31. The van der Waals surface area contributed by atoms with Gasteiger partial charge in [0.05, 0.1) is 11.8 Å². The van der Waals surface area contributed by atoms with Crippen LogP contribution in [0, 0.1) is 0 Å². The molecule has 0 aliphatic heterocycles. The van der Waals surface area contributed by atoms with Gasteiger partial charge in [-0.15, -0.1) is 11.3 Å². The van der Waals surface area contributed by atoms with E-state index in [1.807, 2.05) is 52.5 Å². The third-order valence-corrected chi connectivity index (χ3v) is 4.92. The van der Waals surface area contributed by atoms with Gasteiger partial charge in [-0.3, -0.25) is 4.40 Å². The van der Waals surface area contributed by atoms with Crippen molar-refractivity contribution >= 4 is 16.3 Å². The Kier molecular flexibility index (Phi) is 3.80. The summed E-state index contributed by atoms with van der Waals surface area (Å²) in [6, 6.07) is 9.98. The standard InChI is InChI=1S/C16H19N3OS/c1-12(20)16(11-17,13-5-3-2-4-6-13)9-14-10-19-7-8-21-15(19)18-14/h2-8,10,12,20H,9,11,17H2,1H3. The number of thiazole rings is 1. The molecule has 4 nitrogen and oxygen atoms in total. The highest BCUT2D eigenvalue weighted by atomic mass is 32.1. The number of rotatable bonds is 5. The van der Waals surface area contributed by atoms with Crippen LogP contribution < -0.4 is 5.73 Å². The zero-order chi connectivity index (χ0) is 14.9. The Hall–Kier alpha value is -1.69. The normalized spacial score (nSPS) is 16.0. The summed E-state index contributed by atoms with van der Waals surface area (Å²) in [4.78, 5) is 5.60. The summed E-state index contributed by atoms with van der Waals surface area (Å²) in [6.07, 6.45) is 4.08. The van der Waals surface area contributed by atoms with E-state index in [1.54, 1.807) is 18.3 Å². The van der Waals surface area contributed by atoms with E-state index < -0.39 is 11.5 Å². The molecule has 2 atom stereocenters. The predicted molar refractivity (Wildman–Crippen MR) is 85.6 cm³/mol. The van der Waals surface area contributed by atoms with Gasteiger partial charge in [0, 0.05) is 36.2 Å². The molecule has 21 heavy (non-hydrogen) atoms. The van der Waals surface area contributed by atoms with Crippen LogP contribution in [0.4, 0.5) is 0 Å². The van der Waals surface area contributed by atoms with Gasteiger partial charge >= 0.3 is 0 Å². The minimum atomic E-state index is -0.551. The number of benzene rings is 1. The zero-order valence-corrected chi connectivity index (χ0v) is 12.8. The third-order valence-electron chi connectivity index (χ3n) is 4.15. The molecule has 0 spiro atoms. The fourth-order valence-electron chi connectivity index (χ4n) is 2.81. The monoisotopic (exact) mass is 301 g/mol. The summed E-state index contributed by atoms with van der Waals surface area (Å²) in [7, 11) is 0. The number of aliphatic hydroxyl groups is 1. The largest absolute Gasteiger partial charge is 0.392 e. The Balaban J connectivity index is 2.01. The number of aromatic nitrogens is 2.